The summed E-state index contributed by atoms with van der Waals surface area (Å²) in [6.45, 7) is 1.73. The fourth-order valence-corrected chi connectivity index (χ4v) is 2.83. The molecule has 0 aliphatic rings. The summed E-state index contributed by atoms with van der Waals surface area (Å²) >= 11 is 17.9. The van der Waals surface area contributed by atoms with E-state index in [9.17, 15) is 4.39 Å². The van der Waals surface area contributed by atoms with Crippen molar-refractivity contribution in [2.45, 2.75) is 12.5 Å². The molecular weight excluding hydrogens is 336 g/mol. The minimum Gasteiger partial charge on any atom is -0.495 e. The Hall–Kier alpha value is -1.000. The van der Waals surface area contributed by atoms with Gasteiger partial charge in [-0.25, -0.2) is 4.39 Å². The second-order valence-electron chi connectivity index (χ2n) is 4.80. The first-order valence-electron chi connectivity index (χ1n) is 6.05. The maximum absolute atomic E-state index is 13.7. The van der Waals surface area contributed by atoms with Gasteiger partial charge in [-0.2, -0.15) is 0 Å². The molecule has 0 saturated heterocycles. The lowest BCUT2D eigenvalue weighted by Crippen LogP contribution is -2.34. The van der Waals surface area contributed by atoms with E-state index in [2.05, 4.69) is 0 Å². The second kappa shape index (κ2) is 6.01. The Kier molecular flexibility index (Phi) is 4.69. The van der Waals surface area contributed by atoms with Crippen LogP contribution in [0, 0.1) is 5.82 Å². The molecule has 0 heterocycles. The third kappa shape index (κ3) is 3.11. The number of hydrogen-bond acceptors (Lipinski definition) is 2. The molecule has 0 amide bonds. The van der Waals surface area contributed by atoms with Gasteiger partial charge in [0, 0.05) is 5.02 Å². The van der Waals surface area contributed by atoms with Crippen molar-refractivity contribution < 1.29 is 9.13 Å². The summed E-state index contributed by atoms with van der Waals surface area (Å²) in [6, 6.07) is 7.69. The topological polar surface area (TPSA) is 35.2 Å². The van der Waals surface area contributed by atoms with Crippen molar-refractivity contribution >= 4 is 34.8 Å². The van der Waals surface area contributed by atoms with E-state index >= 15 is 0 Å². The van der Waals surface area contributed by atoms with E-state index in [-0.39, 0.29) is 5.02 Å². The molecule has 112 valence electrons. The zero-order valence-corrected chi connectivity index (χ0v) is 13.7. The van der Waals surface area contributed by atoms with Crippen LogP contribution >= 0.6 is 34.8 Å². The minimum absolute atomic E-state index is 0.0479. The van der Waals surface area contributed by atoms with E-state index in [1.165, 1.54) is 19.2 Å². The zero-order chi connectivity index (χ0) is 15.8. The van der Waals surface area contributed by atoms with Crippen LogP contribution < -0.4 is 10.5 Å². The standard InChI is InChI=1S/C15H13Cl3FNO/c1-15(20,8-3-4-10(16)14(5-8)21-2)9-6-13(19)12(18)7-11(9)17/h3-7H,20H2,1-2H3. The zero-order valence-electron chi connectivity index (χ0n) is 11.4. The van der Waals surface area contributed by atoms with Gasteiger partial charge in [0.15, 0.2) is 0 Å². The molecule has 0 saturated carbocycles. The summed E-state index contributed by atoms with van der Waals surface area (Å²) in [5.74, 6) is -0.0925. The maximum atomic E-state index is 13.7. The first-order valence-corrected chi connectivity index (χ1v) is 7.18. The van der Waals surface area contributed by atoms with Crippen LogP contribution in [0.5, 0.6) is 5.75 Å². The summed E-state index contributed by atoms with van der Waals surface area (Å²) in [7, 11) is 1.51. The van der Waals surface area contributed by atoms with Crippen molar-refractivity contribution in [2.75, 3.05) is 7.11 Å². The summed E-state index contributed by atoms with van der Waals surface area (Å²) < 4.78 is 18.9. The molecule has 6 heteroatoms. The fourth-order valence-electron chi connectivity index (χ4n) is 2.06. The molecule has 0 radical (unpaired) electrons. The van der Waals surface area contributed by atoms with Crippen LogP contribution in [-0.4, -0.2) is 7.11 Å². The average molecular weight is 349 g/mol. The number of nitrogens with two attached hydrogens (primary N) is 1. The third-order valence-electron chi connectivity index (χ3n) is 3.32. The lowest BCUT2D eigenvalue weighted by atomic mass is 9.85. The lowest BCUT2D eigenvalue weighted by Gasteiger charge is -2.27. The van der Waals surface area contributed by atoms with E-state index in [1.807, 2.05) is 0 Å². The predicted molar refractivity (Wildman–Crippen MR) is 85.1 cm³/mol. The van der Waals surface area contributed by atoms with E-state index in [1.54, 1.807) is 25.1 Å². The largest absolute Gasteiger partial charge is 0.495 e. The Balaban J connectivity index is 2.59. The molecule has 2 N–H and O–H groups in total. The Bertz CT molecular complexity index is 689. The molecule has 21 heavy (non-hydrogen) atoms. The summed E-state index contributed by atoms with van der Waals surface area (Å²) in [5, 5.41) is 0.707. The van der Waals surface area contributed by atoms with Crippen LogP contribution in [0.25, 0.3) is 0 Å². The number of rotatable bonds is 3. The van der Waals surface area contributed by atoms with Gasteiger partial charge in [0.25, 0.3) is 0 Å². The summed E-state index contributed by atoms with van der Waals surface area (Å²) in [5.41, 5.74) is 6.45. The van der Waals surface area contributed by atoms with Crippen LogP contribution in [0.4, 0.5) is 4.39 Å². The SMILES string of the molecule is COc1cc(C(C)(N)c2cc(F)c(Cl)cc2Cl)ccc1Cl. The van der Waals surface area contributed by atoms with E-state index in [4.69, 9.17) is 45.3 Å². The number of ether oxygens (including phenoxy) is 1. The minimum atomic E-state index is -1.03. The molecule has 0 aliphatic heterocycles. The molecule has 0 bridgehead atoms. The highest BCUT2D eigenvalue weighted by molar-refractivity contribution is 6.35. The van der Waals surface area contributed by atoms with Gasteiger partial charge in [0.1, 0.15) is 11.6 Å². The molecule has 0 spiro atoms. The quantitative estimate of drug-likeness (QED) is 0.791. The van der Waals surface area contributed by atoms with Crippen LogP contribution in [-0.2, 0) is 5.54 Å². The lowest BCUT2D eigenvalue weighted by molar-refractivity contribution is 0.413. The molecule has 0 aliphatic carbocycles. The molecule has 0 fully saturated rings. The normalized spacial score (nSPS) is 13.9. The Morgan fingerprint density at radius 3 is 2.33 bits per heavy atom. The van der Waals surface area contributed by atoms with Gasteiger partial charge in [-0.3, -0.25) is 0 Å². The van der Waals surface area contributed by atoms with Crippen molar-refractivity contribution in [3.05, 3.63) is 62.3 Å². The Labute approximate surface area is 137 Å². The van der Waals surface area contributed by atoms with E-state index < -0.39 is 11.4 Å². The fraction of sp³-hybridized carbons (Fsp3) is 0.200. The van der Waals surface area contributed by atoms with Crippen LogP contribution in [0.15, 0.2) is 30.3 Å². The van der Waals surface area contributed by atoms with Crippen molar-refractivity contribution in [3.8, 4) is 5.75 Å². The van der Waals surface area contributed by atoms with Crippen molar-refractivity contribution in [3.63, 3.8) is 0 Å². The van der Waals surface area contributed by atoms with E-state index in [0.717, 1.165) is 0 Å². The number of methoxy groups -OCH3 is 1. The van der Waals surface area contributed by atoms with Crippen LogP contribution in [0.3, 0.4) is 0 Å². The predicted octanol–water partition coefficient (Wildman–Crippen LogP) is 5.02. The maximum Gasteiger partial charge on any atom is 0.142 e. The summed E-state index contributed by atoms with van der Waals surface area (Å²) in [6.07, 6.45) is 0. The van der Waals surface area contributed by atoms with Crippen molar-refractivity contribution in [1.29, 1.82) is 0 Å². The number of halogens is 4. The highest BCUT2D eigenvalue weighted by Crippen LogP contribution is 2.37. The smallest absolute Gasteiger partial charge is 0.142 e. The first-order chi connectivity index (χ1) is 9.77. The molecule has 2 rings (SSSR count). The van der Waals surface area contributed by atoms with Gasteiger partial charge in [0.2, 0.25) is 0 Å². The highest BCUT2D eigenvalue weighted by Gasteiger charge is 2.28. The monoisotopic (exact) mass is 347 g/mol. The molecule has 0 aromatic heterocycles. The molecular formula is C15H13Cl3FNO. The van der Waals surface area contributed by atoms with E-state index in [0.29, 0.717) is 26.9 Å². The molecule has 2 aromatic rings. The van der Waals surface area contributed by atoms with Gasteiger partial charge >= 0.3 is 0 Å². The van der Waals surface area contributed by atoms with Gasteiger partial charge in [0.05, 0.1) is 22.7 Å². The molecule has 1 unspecified atom stereocenters. The first kappa shape index (κ1) is 16.4. The van der Waals surface area contributed by atoms with Gasteiger partial charge < -0.3 is 10.5 Å². The second-order valence-corrected chi connectivity index (χ2v) is 6.02. The highest BCUT2D eigenvalue weighted by atomic mass is 35.5. The van der Waals surface area contributed by atoms with Crippen LogP contribution in [0.1, 0.15) is 18.1 Å². The van der Waals surface area contributed by atoms with Crippen molar-refractivity contribution in [2.24, 2.45) is 5.73 Å². The molecule has 2 nitrogen and oxygen atoms in total. The average Bonchev–Trinajstić information content (AvgIpc) is 2.43. The van der Waals surface area contributed by atoms with Gasteiger partial charge in [-0.1, -0.05) is 40.9 Å². The third-order valence-corrected chi connectivity index (χ3v) is 4.23. The molecule has 2 aromatic carbocycles. The van der Waals surface area contributed by atoms with Gasteiger partial charge in [-0.05, 0) is 42.3 Å². The Morgan fingerprint density at radius 1 is 1.05 bits per heavy atom. The summed E-state index contributed by atoms with van der Waals surface area (Å²) in [4.78, 5) is 0. The van der Waals surface area contributed by atoms with Crippen molar-refractivity contribution in [1.82, 2.24) is 0 Å². The Morgan fingerprint density at radius 2 is 1.71 bits per heavy atom. The number of benzene rings is 2. The number of hydrogen-bond donors (Lipinski definition) is 1. The van der Waals surface area contributed by atoms with Gasteiger partial charge in [-0.15, -0.1) is 0 Å². The van der Waals surface area contributed by atoms with Crippen LogP contribution in [0.2, 0.25) is 15.1 Å². The molecule has 1 atom stereocenters.